The summed E-state index contributed by atoms with van der Waals surface area (Å²) in [5.41, 5.74) is 0. The summed E-state index contributed by atoms with van der Waals surface area (Å²) in [6.07, 6.45) is 19.2. The lowest BCUT2D eigenvalue weighted by molar-refractivity contribution is -0.110. The first-order chi connectivity index (χ1) is 9.85. The van der Waals surface area contributed by atoms with Crippen molar-refractivity contribution >= 4 is 6.29 Å². The highest BCUT2D eigenvalue weighted by Gasteiger charge is 2.05. The second-order valence-electron chi connectivity index (χ2n) is 5.94. The summed E-state index contributed by atoms with van der Waals surface area (Å²) in [4.78, 5) is 10.4. The molecule has 0 aromatic heterocycles. The van der Waals surface area contributed by atoms with Crippen molar-refractivity contribution in [3.8, 4) is 0 Å². The molecule has 0 aliphatic heterocycles. The van der Waals surface area contributed by atoms with E-state index >= 15 is 0 Å². The number of unbranched alkanes of at least 4 members (excludes halogenated alkanes) is 11. The van der Waals surface area contributed by atoms with E-state index in [0.717, 1.165) is 12.7 Å². The van der Waals surface area contributed by atoms with Gasteiger partial charge in [0.05, 0.1) is 6.10 Å². The van der Waals surface area contributed by atoms with Crippen LogP contribution in [0.4, 0.5) is 0 Å². The fourth-order valence-electron chi connectivity index (χ4n) is 2.65. The lowest BCUT2D eigenvalue weighted by atomic mass is 10.0. The molecule has 0 amide bonds. The number of aldehydes is 1. The lowest BCUT2D eigenvalue weighted by Gasteiger charge is -2.11. The number of methoxy groups -OCH3 is 1. The fourth-order valence-corrected chi connectivity index (χ4v) is 2.65. The smallest absolute Gasteiger partial charge is 0.122 e. The largest absolute Gasteiger partial charge is 0.381 e. The number of ether oxygens (including phenoxy) is 1. The predicted octanol–water partition coefficient (Wildman–Crippen LogP) is 5.68. The Morgan fingerprint density at radius 3 is 1.65 bits per heavy atom. The highest BCUT2D eigenvalue weighted by Crippen LogP contribution is 2.14. The molecule has 0 aliphatic rings. The number of carbonyl (C=O) groups is 1. The normalized spacial score (nSPS) is 12.5. The van der Waals surface area contributed by atoms with Crippen LogP contribution < -0.4 is 0 Å². The summed E-state index contributed by atoms with van der Waals surface area (Å²) in [6, 6.07) is 0. The van der Waals surface area contributed by atoms with Crippen molar-refractivity contribution in [2.45, 2.75) is 103 Å². The van der Waals surface area contributed by atoms with Crippen LogP contribution >= 0.6 is 0 Å². The third kappa shape index (κ3) is 14.0. The minimum Gasteiger partial charge on any atom is -0.381 e. The zero-order valence-electron chi connectivity index (χ0n) is 13.9. The van der Waals surface area contributed by atoms with Crippen molar-refractivity contribution in [2.75, 3.05) is 7.11 Å². The van der Waals surface area contributed by atoms with Crippen LogP contribution in [0.25, 0.3) is 0 Å². The molecule has 0 saturated heterocycles. The molecule has 2 heteroatoms. The minimum absolute atomic E-state index is 0.149. The van der Waals surface area contributed by atoms with Crippen molar-refractivity contribution in [1.82, 2.24) is 0 Å². The standard InChI is InChI=1S/C18H36O2/c1-3-4-5-6-7-8-9-10-11-12-13-14-15-18(20-2)16-17-19/h17-18H,3-16H2,1-2H3. The average Bonchev–Trinajstić information content (AvgIpc) is 2.47. The van der Waals surface area contributed by atoms with E-state index < -0.39 is 0 Å². The van der Waals surface area contributed by atoms with Crippen LogP contribution in [-0.4, -0.2) is 19.5 Å². The Hall–Kier alpha value is -0.370. The zero-order chi connectivity index (χ0) is 14.9. The van der Waals surface area contributed by atoms with E-state index in [0.29, 0.717) is 6.42 Å². The van der Waals surface area contributed by atoms with Crippen LogP contribution in [0.15, 0.2) is 0 Å². The van der Waals surface area contributed by atoms with E-state index in [1.807, 2.05) is 0 Å². The molecular formula is C18H36O2. The van der Waals surface area contributed by atoms with Crippen LogP contribution in [-0.2, 0) is 9.53 Å². The van der Waals surface area contributed by atoms with Crippen LogP contribution in [0, 0.1) is 0 Å². The van der Waals surface area contributed by atoms with Crippen LogP contribution in [0.5, 0.6) is 0 Å². The van der Waals surface area contributed by atoms with Crippen LogP contribution in [0.2, 0.25) is 0 Å². The predicted molar refractivity (Wildman–Crippen MR) is 87.2 cm³/mol. The average molecular weight is 284 g/mol. The molecule has 1 atom stereocenters. The third-order valence-electron chi connectivity index (χ3n) is 4.07. The first-order valence-corrected chi connectivity index (χ1v) is 8.81. The van der Waals surface area contributed by atoms with Crippen molar-refractivity contribution < 1.29 is 9.53 Å². The van der Waals surface area contributed by atoms with E-state index in [1.165, 1.54) is 77.0 Å². The minimum atomic E-state index is 0.149. The van der Waals surface area contributed by atoms with E-state index in [4.69, 9.17) is 4.74 Å². The molecule has 0 heterocycles. The van der Waals surface area contributed by atoms with Gasteiger partial charge in [-0.05, 0) is 6.42 Å². The molecule has 0 aromatic carbocycles. The maximum atomic E-state index is 10.4. The SMILES string of the molecule is CCCCCCCCCCCCCCC(CC=O)OC. The number of hydrogen-bond acceptors (Lipinski definition) is 2. The molecular weight excluding hydrogens is 248 g/mol. The second-order valence-corrected chi connectivity index (χ2v) is 5.94. The van der Waals surface area contributed by atoms with Gasteiger partial charge >= 0.3 is 0 Å². The fraction of sp³-hybridized carbons (Fsp3) is 0.944. The summed E-state index contributed by atoms with van der Waals surface area (Å²) in [5, 5.41) is 0. The first kappa shape index (κ1) is 19.6. The lowest BCUT2D eigenvalue weighted by Crippen LogP contribution is -2.10. The molecule has 0 fully saturated rings. The van der Waals surface area contributed by atoms with Crippen LogP contribution in [0.1, 0.15) is 96.8 Å². The molecule has 0 spiro atoms. The Bertz CT molecular complexity index is 192. The number of hydrogen-bond donors (Lipinski definition) is 0. The molecule has 0 N–H and O–H groups in total. The summed E-state index contributed by atoms with van der Waals surface area (Å²) in [5.74, 6) is 0. The second kappa shape index (κ2) is 16.7. The van der Waals surface area contributed by atoms with Gasteiger partial charge in [-0.25, -0.2) is 0 Å². The van der Waals surface area contributed by atoms with Gasteiger partial charge in [-0.2, -0.15) is 0 Å². The van der Waals surface area contributed by atoms with E-state index in [-0.39, 0.29) is 6.10 Å². The maximum Gasteiger partial charge on any atom is 0.122 e. The first-order valence-electron chi connectivity index (χ1n) is 8.81. The number of rotatable bonds is 16. The van der Waals surface area contributed by atoms with Gasteiger partial charge in [-0.3, -0.25) is 0 Å². The molecule has 0 bridgehead atoms. The molecule has 0 rings (SSSR count). The van der Waals surface area contributed by atoms with Gasteiger partial charge in [0.15, 0.2) is 0 Å². The molecule has 120 valence electrons. The van der Waals surface area contributed by atoms with E-state index in [1.54, 1.807) is 7.11 Å². The van der Waals surface area contributed by atoms with Crippen LogP contribution in [0.3, 0.4) is 0 Å². The van der Waals surface area contributed by atoms with E-state index in [2.05, 4.69) is 6.92 Å². The Morgan fingerprint density at radius 1 is 0.800 bits per heavy atom. The van der Waals surface area contributed by atoms with Gasteiger partial charge in [0.1, 0.15) is 6.29 Å². The molecule has 0 radical (unpaired) electrons. The number of carbonyl (C=O) groups excluding carboxylic acids is 1. The Kier molecular flexibility index (Phi) is 16.4. The topological polar surface area (TPSA) is 26.3 Å². The Balaban J connectivity index is 3.11. The molecule has 1 unspecified atom stereocenters. The Labute approximate surface area is 126 Å². The van der Waals surface area contributed by atoms with Gasteiger partial charge in [-0.1, -0.05) is 84.0 Å². The van der Waals surface area contributed by atoms with Crippen molar-refractivity contribution in [3.05, 3.63) is 0 Å². The van der Waals surface area contributed by atoms with Gasteiger partial charge < -0.3 is 9.53 Å². The molecule has 0 aliphatic carbocycles. The zero-order valence-corrected chi connectivity index (χ0v) is 13.9. The summed E-state index contributed by atoms with van der Waals surface area (Å²) in [7, 11) is 1.70. The quantitative estimate of drug-likeness (QED) is 0.269. The summed E-state index contributed by atoms with van der Waals surface area (Å²) in [6.45, 7) is 2.27. The highest BCUT2D eigenvalue weighted by molar-refractivity contribution is 5.50. The monoisotopic (exact) mass is 284 g/mol. The molecule has 20 heavy (non-hydrogen) atoms. The van der Waals surface area contributed by atoms with Gasteiger partial charge in [0, 0.05) is 13.5 Å². The van der Waals surface area contributed by atoms with E-state index in [9.17, 15) is 4.79 Å². The molecule has 2 nitrogen and oxygen atoms in total. The maximum absolute atomic E-state index is 10.4. The Morgan fingerprint density at radius 2 is 1.25 bits per heavy atom. The highest BCUT2D eigenvalue weighted by atomic mass is 16.5. The van der Waals surface area contributed by atoms with Gasteiger partial charge in [-0.15, -0.1) is 0 Å². The van der Waals surface area contributed by atoms with Crippen molar-refractivity contribution in [2.24, 2.45) is 0 Å². The van der Waals surface area contributed by atoms with Crippen molar-refractivity contribution in [3.63, 3.8) is 0 Å². The third-order valence-corrected chi connectivity index (χ3v) is 4.07. The summed E-state index contributed by atoms with van der Waals surface area (Å²) >= 11 is 0. The van der Waals surface area contributed by atoms with Gasteiger partial charge in [0.2, 0.25) is 0 Å². The van der Waals surface area contributed by atoms with Crippen molar-refractivity contribution in [1.29, 1.82) is 0 Å². The van der Waals surface area contributed by atoms with Gasteiger partial charge in [0.25, 0.3) is 0 Å². The summed E-state index contributed by atoms with van der Waals surface area (Å²) < 4.78 is 5.26. The molecule has 0 aromatic rings. The molecule has 0 saturated carbocycles.